The average molecular weight is 328 g/mol. The lowest BCUT2D eigenvalue weighted by atomic mass is 10.1. The van der Waals surface area contributed by atoms with E-state index in [0.717, 1.165) is 11.1 Å². The number of carbonyl (C=O) groups excluding carboxylic acids is 2. The lowest BCUT2D eigenvalue weighted by Crippen LogP contribution is -2.39. The van der Waals surface area contributed by atoms with Gasteiger partial charge in [0, 0.05) is 11.1 Å². The van der Waals surface area contributed by atoms with E-state index in [1.54, 1.807) is 12.1 Å². The zero-order valence-corrected chi connectivity index (χ0v) is 14.1. The summed E-state index contributed by atoms with van der Waals surface area (Å²) in [5.74, 6) is -0.0337. The van der Waals surface area contributed by atoms with Crippen molar-refractivity contribution in [3.8, 4) is 5.75 Å². The van der Waals surface area contributed by atoms with E-state index in [2.05, 4.69) is 10.1 Å². The molecule has 1 aromatic carbocycles. The molecule has 0 aromatic heterocycles. The van der Waals surface area contributed by atoms with Gasteiger partial charge in [0.2, 0.25) is 0 Å². The van der Waals surface area contributed by atoms with Crippen molar-refractivity contribution >= 4 is 23.5 Å². The van der Waals surface area contributed by atoms with Crippen molar-refractivity contribution in [3.63, 3.8) is 0 Å². The van der Waals surface area contributed by atoms with Crippen LogP contribution in [-0.2, 0) is 14.3 Å². The Balaban J connectivity index is 2.53. The molecule has 1 unspecified atom stereocenters. The molecule has 1 N–H and O–H groups in total. The molecule has 1 amide bonds. The molecular formula is C16H22ClNO4. The minimum atomic E-state index is -0.350. The van der Waals surface area contributed by atoms with Gasteiger partial charge in [0.15, 0.2) is 6.61 Å². The fraction of sp³-hybridized carbons (Fsp3) is 0.500. The SMILES string of the molecule is CCC(CC(=O)OC)NC(=O)COc1cc(C)c(Cl)c(C)c1. The van der Waals surface area contributed by atoms with Crippen molar-refractivity contribution in [2.45, 2.75) is 39.7 Å². The third-order valence-electron chi connectivity index (χ3n) is 3.28. The molecular weight excluding hydrogens is 306 g/mol. The van der Waals surface area contributed by atoms with E-state index in [1.807, 2.05) is 20.8 Å². The lowest BCUT2D eigenvalue weighted by Gasteiger charge is -2.16. The van der Waals surface area contributed by atoms with E-state index in [0.29, 0.717) is 17.2 Å². The summed E-state index contributed by atoms with van der Waals surface area (Å²) in [6.45, 7) is 5.54. The van der Waals surface area contributed by atoms with Gasteiger partial charge in [-0.25, -0.2) is 0 Å². The monoisotopic (exact) mass is 327 g/mol. The molecule has 6 heteroatoms. The summed E-state index contributed by atoms with van der Waals surface area (Å²) in [4.78, 5) is 23.1. The first-order valence-corrected chi connectivity index (χ1v) is 7.50. The zero-order valence-electron chi connectivity index (χ0n) is 13.4. The molecule has 0 spiro atoms. The van der Waals surface area contributed by atoms with Gasteiger partial charge in [-0.1, -0.05) is 18.5 Å². The molecule has 0 aliphatic rings. The van der Waals surface area contributed by atoms with Crippen LogP contribution in [-0.4, -0.2) is 31.6 Å². The predicted octanol–water partition coefficient (Wildman–Crippen LogP) is 2.79. The van der Waals surface area contributed by atoms with E-state index >= 15 is 0 Å². The summed E-state index contributed by atoms with van der Waals surface area (Å²) < 4.78 is 10.1. The van der Waals surface area contributed by atoms with Gasteiger partial charge < -0.3 is 14.8 Å². The number of hydrogen-bond donors (Lipinski definition) is 1. The number of methoxy groups -OCH3 is 1. The number of benzene rings is 1. The fourth-order valence-corrected chi connectivity index (χ4v) is 2.10. The highest BCUT2D eigenvalue weighted by molar-refractivity contribution is 6.32. The summed E-state index contributed by atoms with van der Waals surface area (Å²) in [7, 11) is 1.32. The minimum absolute atomic E-state index is 0.113. The second-order valence-electron chi connectivity index (χ2n) is 5.11. The number of aryl methyl sites for hydroxylation is 2. The average Bonchev–Trinajstić information content (AvgIpc) is 2.49. The Morgan fingerprint density at radius 2 is 1.86 bits per heavy atom. The molecule has 0 fully saturated rings. The predicted molar refractivity (Wildman–Crippen MR) is 85.3 cm³/mol. The highest BCUT2D eigenvalue weighted by Gasteiger charge is 2.15. The first-order valence-electron chi connectivity index (χ1n) is 7.13. The van der Waals surface area contributed by atoms with Crippen molar-refractivity contribution in [2.75, 3.05) is 13.7 Å². The van der Waals surface area contributed by atoms with Crippen LogP contribution in [0.5, 0.6) is 5.75 Å². The Bertz CT molecular complexity index is 522. The lowest BCUT2D eigenvalue weighted by molar-refractivity contribution is -0.141. The van der Waals surface area contributed by atoms with Crippen molar-refractivity contribution in [2.24, 2.45) is 0 Å². The van der Waals surface area contributed by atoms with Gasteiger partial charge in [0.1, 0.15) is 5.75 Å². The summed E-state index contributed by atoms with van der Waals surface area (Å²) in [6.07, 6.45) is 0.790. The van der Waals surface area contributed by atoms with Crippen molar-refractivity contribution in [1.29, 1.82) is 0 Å². The van der Waals surface area contributed by atoms with Crippen LogP contribution in [0.25, 0.3) is 0 Å². The molecule has 0 saturated heterocycles. The number of hydrogen-bond acceptors (Lipinski definition) is 4. The number of halogens is 1. The van der Waals surface area contributed by atoms with Gasteiger partial charge in [0.25, 0.3) is 5.91 Å². The standard InChI is InChI=1S/C16H22ClNO4/c1-5-12(8-15(20)21-4)18-14(19)9-22-13-6-10(2)16(17)11(3)7-13/h6-7,12H,5,8-9H2,1-4H3,(H,18,19). The van der Waals surface area contributed by atoms with E-state index in [9.17, 15) is 9.59 Å². The Kier molecular flexibility index (Phi) is 7.18. The van der Waals surface area contributed by atoms with E-state index in [-0.39, 0.29) is 30.9 Å². The molecule has 0 aliphatic carbocycles. The minimum Gasteiger partial charge on any atom is -0.484 e. The number of amides is 1. The summed E-state index contributed by atoms with van der Waals surface area (Å²) in [5, 5.41) is 3.45. The van der Waals surface area contributed by atoms with Crippen LogP contribution in [0, 0.1) is 13.8 Å². The van der Waals surface area contributed by atoms with Crippen LogP contribution < -0.4 is 10.1 Å². The molecule has 1 atom stereocenters. The van der Waals surface area contributed by atoms with Crippen molar-refractivity contribution in [1.82, 2.24) is 5.32 Å². The first-order chi connectivity index (χ1) is 10.4. The Morgan fingerprint density at radius 3 is 2.36 bits per heavy atom. The molecule has 22 heavy (non-hydrogen) atoms. The fourth-order valence-electron chi connectivity index (χ4n) is 1.99. The smallest absolute Gasteiger partial charge is 0.307 e. The number of carbonyl (C=O) groups is 2. The van der Waals surface area contributed by atoms with Gasteiger partial charge in [-0.15, -0.1) is 0 Å². The van der Waals surface area contributed by atoms with Crippen molar-refractivity contribution in [3.05, 3.63) is 28.3 Å². The maximum Gasteiger partial charge on any atom is 0.307 e. The molecule has 1 rings (SSSR count). The van der Waals surface area contributed by atoms with Crippen LogP contribution in [0.4, 0.5) is 0 Å². The molecule has 0 aliphatic heterocycles. The van der Waals surface area contributed by atoms with Gasteiger partial charge in [-0.2, -0.15) is 0 Å². The van der Waals surface area contributed by atoms with Crippen LogP contribution in [0.3, 0.4) is 0 Å². The van der Waals surface area contributed by atoms with Gasteiger partial charge in [-0.3, -0.25) is 9.59 Å². The normalized spacial score (nSPS) is 11.7. The highest BCUT2D eigenvalue weighted by atomic mass is 35.5. The van der Waals surface area contributed by atoms with Gasteiger partial charge in [0.05, 0.1) is 13.5 Å². The molecule has 5 nitrogen and oxygen atoms in total. The summed E-state index contributed by atoms with van der Waals surface area (Å²) >= 11 is 6.08. The van der Waals surface area contributed by atoms with Gasteiger partial charge in [-0.05, 0) is 43.5 Å². The van der Waals surface area contributed by atoms with E-state index in [4.69, 9.17) is 16.3 Å². The maximum absolute atomic E-state index is 11.9. The number of nitrogens with one attached hydrogen (secondary N) is 1. The Morgan fingerprint density at radius 1 is 1.27 bits per heavy atom. The quantitative estimate of drug-likeness (QED) is 0.782. The second-order valence-corrected chi connectivity index (χ2v) is 5.49. The van der Waals surface area contributed by atoms with Crippen LogP contribution in [0.15, 0.2) is 12.1 Å². The highest BCUT2D eigenvalue weighted by Crippen LogP contribution is 2.25. The number of esters is 1. The molecule has 0 bridgehead atoms. The second kappa shape index (κ2) is 8.63. The molecule has 1 aromatic rings. The van der Waals surface area contributed by atoms with Crippen LogP contribution >= 0.6 is 11.6 Å². The zero-order chi connectivity index (χ0) is 16.7. The molecule has 0 radical (unpaired) electrons. The third kappa shape index (κ3) is 5.56. The molecule has 0 saturated carbocycles. The van der Waals surface area contributed by atoms with Crippen molar-refractivity contribution < 1.29 is 19.1 Å². The number of rotatable bonds is 7. The third-order valence-corrected chi connectivity index (χ3v) is 3.87. The first kappa shape index (κ1) is 18.3. The van der Waals surface area contributed by atoms with E-state index in [1.165, 1.54) is 7.11 Å². The molecule has 122 valence electrons. The van der Waals surface area contributed by atoms with Gasteiger partial charge >= 0.3 is 5.97 Å². The molecule has 0 heterocycles. The maximum atomic E-state index is 11.9. The largest absolute Gasteiger partial charge is 0.484 e. The topological polar surface area (TPSA) is 64.6 Å². The summed E-state index contributed by atoms with van der Waals surface area (Å²) in [6, 6.07) is 3.32. The van der Waals surface area contributed by atoms with Crippen LogP contribution in [0.2, 0.25) is 5.02 Å². The number of ether oxygens (including phenoxy) is 2. The van der Waals surface area contributed by atoms with E-state index < -0.39 is 0 Å². The Labute approximate surface area is 135 Å². The Hall–Kier alpha value is -1.75. The summed E-state index contributed by atoms with van der Waals surface area (Å²) in [5.41, 5.74) is 1.79. The van der Waals surface area contributed by atoms with Crippen LogP contribution in [0.1, 0.15) is 30.9 Å².